The van der Waals surface area contributed by atoms with Crippen molar-refractivity contribution < 1.29 is 4.92 Å². The van der Waals surface area contributed by atoms with Gasteiger partial charge in [0.15, 0.2) is 0 Å². The van der Waals surface area contributed by atoms with Gasteiger partial charge in [-0.3, -0.25) is 10.1 Å². The molecule has 0 N–H and O–H groups in total. The Morgan fingerprint density at radius 3 is 2.79 bits per heavy atom. The Morgan fingerprint density at radius 1 is 1.47 bits per heavy atom. The van der Waals surface area contributed by atoms with Crippen LogP contribution in [0.4, 0.5) is 16.4 Å². The van der Waals surface area contributed by atoms with Gasteiger partial charge in [-0.05, 0) is 19.1 Å². The molecule has 0 saturated heterocycles. The van der Waals surface area contributed by atoms with E-state index in [0.717, 1.165) is 4.88 Å². The summed E-state index contributed by atoms with van der Waals surface area (Å²) in [7, 11) is 5.93. The highest BCUT2D eigenvalue weighted by atomic mass is 32.1. The monoisotopic (exact) mass is 269 g/mol. The molecule has 1 aromatic heterocycles. The van der Waals surface area contributed by atoms with Crippen LogP contribution in [0.5, 0.6) is 0 Å². The van der Waals surface area contributed by atoms with Gasteiger partial charge in [0, 0.05) is 10.9 Å². The minimum atomic E-state index is -0.498. The van der Waals surface area contributed by atoms with Crippen LogP contribution in [-0.4, -0.2) is 12.9 Å². The zero-order chi connectivity index (χ0) is 14.0. The molecule has 0 saturated carbocycles. The van der Waals surface area contributed by atoms with Crippen molar-refractivity contribution in [2.24, 2.45) is 0 Å². The topological polar surface area (TPSA) is 70.2 Å². The first-order valence-corrected chi connectivity index (χ1v) is 6.15. The van der Waals surface area contributed by atoms with E-state index in [1.54, 1.807) is 24.3 Å². The summed E-state index contributed by atoms with van der Waals surface area (Å²) in [6.07, 6.45) is 0. The molecular formula is C12H8BN3O2S. The number of para-hydroxylation sites is 2. The molecule has 5 nitrogen and oxygen atoms in total. The number of nitrogens with zero attached hydrogens (tertiary/aromatic N) is 3. The van der Waals surface area contributed by atoms with Crippen LogP contribution in [0.15, 0.2) is 30.3 Å². The Morgan fingerprint density at radius 2 is 2.16 bits per heavy atom. The van der Waals surface area contributed by atoms with Crippen molar-refractivity contribution in [3.05, 3.63) is 50.9 Å². The average Bonchev–Trinajstić information content (AvgIpc) is 2.79. The number of hydrogen-bond donors (Lipinski definition) is 0. The van der Waals surface area contributed by atoms with Crippen LogP contribution in [0, 0.1) is 28.4 Å². The summed E-state index contributed by atoms with van der Waals surface area (Å²) in [6, 6.07) is 9.90. The van der Waals surface area contributed by atoms with E-state index in [1.807, 2.05) is 13.0 Å². The molecule has 2 rings (SSSR count). The molecule has 0 aliphatic heterocycles. The fraction of sp³-hybridized carbons (Fsp3) is 0.0833. The first kappa shape index (κ1) is 13.1. The lowest BCUT2D eigenvalue weighted by molar-refractivity contribution is -0.384. The van der Waals surface area contributed by atoms with E-state index < -0.39 is 4.92 Å². The fourth-order valence-corrected chi connectivity index (χ4v) is 2.59. The highest BCUT2D eigenvalue weighted by Gasteiger charge is 2.20. The van der Waals surface area contributed by atoms with Crippen molar-refractivity contribution in [3.8, 4) is 6.07 Å². The summed E-state index contributed by atoms with van der Waals surface area (Å²) >= 11 is 1.32. The second-order valence-corrected chi connectivity index (χ2v) is 5.04. The molecule has 1 heterocycles. The number of rotatable bonds is 3. The van der Waals surface area contributed by atoms with E-state index in [9.17, 15) is 10.1 Å². The third-order valence-corrected chi connectivity index (χ3v) is 3.56. The molecule has 0 unspecified atom stereocenters. The molecule has 0 aliphatic rings. The number of nitriles is 1. The maximum Gasteiger partial charge on any atom is 0.291 e. The molecular weight excluding hydrogens is 261 g/mol. The molecule has 19 heavy (non-hydrogen) atoms. The Kier molecular flexibility index (Phi) is 3.53. The molecule has 0 bridgehead atoms. The second kappa shape index (κ2) is 5.12. The molecule has 2 radical (unpaired) electrons. The first-order valence-electron chi connectivity index (χ1n) is 5.33. The van der Waals surface area contributed by atoms with Crippen molar-refractivity contribution in [1.82, 2.24) is 0 Å². The Balaban J connectivity index is 2.53. The lowest BCUT2D eigenvalue weighted by Crippen LogP contribution is -2.13. The van der Waals surface area contributed by atoms with E-state index in [1.165, 1.54) is 22.2 Å². The first-order chi connectivity index (χ1) is 9.04. The van der Waals surface area contributed by atoms with Crippen LogP contribution in [0.1, 0.15) is 10.4 Å². The molecule has 0 amide bonds. The molecule has 92 valence electrons. The van der Waals surface area contributed by atoms with Crippen LogP contribution in [0.25, 0.3) is 0 Å². The van der Waals surface area contributed by atoms with E-state index >= 15 is 0 Å². The third-order valence-electron chi connectivity index (χ3n) is 2.51. The van der Waals surface area contributed by atoms with Crippen LogP contribution < -0.4 is 4.81 Å². The van der Waals surface area contributed by atoms with Gasteiger partial charge < -0.3 is 4.81 Å². The van der Waals surface area contributed by atoms with Crippen LogP contribution in [-0.2, 0) is 0 Å². The predicted octanol–water partition coefficient (Wildman–Crippen LogP) is 3.06. The predicted molar refractivity (Wildman–Crippen MR) is 74.8 cm³/mol. The van der Waals surface area contributed by atoms with Gasteiger partial charge in [0.1, 0.15) is 16.8 Å². The van der Waals surface area contributed by atoms with Crippen molar-refractivity contribution in [3.63, 3.8) is 0 Å². The molecule has 0 fully saturated rings. The average molecular weight is 269 g/mol. The smallest absolute Gasteiger partial charge is 0.291 e. The van der Waals surface area contributed by atoms with Crippen molar-refractivity contribution in [1.29, 1.82) is 5.26 Å². The quantitative estimate of drug-likeness (QED) is 0.487. The van der Waals surface area contributed by atoms with Crippen molar-refractivity contribution in [2.45, 2.75) is 6.92 Å². The van der Waals surface area contributed by atoms with Gasteiger partial charge in [-0.1, -0.05) is 12.1 Å². The molecule has 1 aromatic carbocycles. The normalized spacial score (nSPS) is 9.89. The van der Waals surface area contributed by atoms with E-state index in [4.69, 9.17) is 13.2 Å². The highest BCUT2D eigenvalue weighted by Crippen LogP contribution is 2.37. The summed E-state index contributed by atoms with van der Waals surface area (Å²) in [5.74, 6) is 0. The van der Waals surface area contributed by atoms with Gasteiger partial charge in [-0.2, -0.15) is 5.26 Å². The number of aryl methyl sites for hydroxylation is 1. The van der Waals surface area contributed by atoms with Crippen LogP contribution in [0.3, 0.4) is 0 Å². The number of benzene rings is 1. The van der Waals surface area contributed by atoms with E-state index in [2.05, 4.69) is 0 Å². The number of thiophene rings is 1. The molecule has 2 aromatic rings. The molecule has 7 heteroatoms. The lowest BCUT2D eigenvalue weighted by Gasteiger charge is -2.18. The lowest BCUT2D eigenvalue weighted by atomic mass is 10.1. The van der Waals surface area contributed by atoms with E-state index in [0.29, 0.717) is 10.6 Å². The Labute approximate surface area is 115 Å². The zero-order valence-electron chi connectivity index (χ0n) is 10.0. The van der Waals surface area contributed by atoms with E-state index in [-0.39, 0.29) is 11.4 Å². The van der Waals surface area contributed by atoms with Gasteiger partial charge in [-0.25, -0.2) is 0 Å². The standard InChI is InChI=1S/C12H8BN3O2S/c1-8-6-9(7-14)12(19-8)15(13)10-4-2-3-5-11(10)16(17)18/h2-6H,1H3. The van der Waals surface area contributed by atoms with Crippen LogP contribution >= 0.6 is 11.3 Å². The third kappa shape index (κ3) is 2.44. The summed E-state index contributed by atoms with van der Waals surface area (Å²) in [6.45, 7) is 1.85. The molecule has 0 aliphatic carbocycles. The highest BCUT2D eigenvalue weighted by molar-refractivity contribution is 7.16. The van der Waals surface area contributed by atoms with Gasteiger partial charge in [0.25, 0.3) is 5.69 Å². The van der Waals surface area contributed by atoms with Crippen molar-refractivity contribution >= 4 is 35.7 Å². The maximum atomic E-state index is 11.0. The summed E-state index contributed by atoms with van der Waals surface area (Å²) in [4.78, 5) is 12.6. The second-order valence-electron chi connectivity index (χ2n) is 3.80. The fourth-order valence-electron chi connectivity index (χ4n) is 1.69. The number of hydrogen-bond acceptors (Lipinski definition) is 5. The number of nitro groups is 1. The van der Waals surface area contributed by atoms with Gasteiger partial charge >= 0.3 is 0 Å². The van der Waals surface area contributed by atoms with Crippen molar-refractivity contribution in [2.75, 3.05) is 4.81 Å². The summed E-state index contributed by atoms with van der Waals surface area (Å²) in [5, 5.41) is 20.5. The van der Waals surface area contributed by atoms with Crippen LogP contribution in [0.2, 0.25) is 0 Å². The summed E-state index contributed by atoms with van der Waals surface area (Å²) in [5.41, 5.74) is 0.564. The van der Waals surface area contributed by atoms with Gasteiger partial charge in [-0.15, -0.1) is 11.3 Å². The van der Waals surface area contributed by atoms with Gasteiger partial charge in [0.2, 0.25) is 7.98 Å². The number of nitro benzene ring substituents is 1. The molecule has 0 atom stereocenters. The minimum absolute atomic E-state index is 0.0973. The summed E-state index contributed by atoms with van der Waals surface area (Å²) < 4.78 is 0. The van der Waals surface area contributed by atoms with Gasteiger partial charge in [0.05, 0.1) is 10.5 Å². The Hall–Kier alpha value is -2.33. The maximum absolute atomic E-state index is 11.0. The Bertz CT molecular complexity index is 678. The molecule has 0 spiro atoms. The number of anilines is 2. The minimum Gasteiger partial charge on any atom is -0.383 e. The SMILES string of the molecule is [B]N(c1ccccc1[N+](=O)[O-])c1sc(C)cc1C#N. The zero-order valence-corrected chi connectivity index (χ0v) is 10.8. The largest absolute Gasteiger partial charge is 0.383 e.